The molecule has 1 heterocycles. The number of hydrogen-bond acceptors (Lipinski definition) is 3. The van der Waals surface area contributed by atoms with Gasteiger partial charge in [-0.05, 0) is 25.5 Å². The fourth-order valence-electron chi connectivity index (χ4n) is 0.916. The Labute approximate surface area is 79.4 Å². The van der Waals surface area contributed by atoms with Crippen molar-refractivity contribution in [3.05, 3.63) is 30.1 Å². The summed E-state index contributed by atoms with van der Waals surface area (Å²) in [5, 5.41) is 3.36. The highest BCUT2D eigenvalue weighted by molar-refractivity contribution is 5.08. The molecule has 0 atom stereocenters. The average molecular weight is 179 g/mol. The highest BCUT2D eigenvalue weighted by Gasteiger charge is 2.13. The third-order valence-corrected chi connectivity index (χ3v) is 2.00. The molecule has 0 spiro atoms. The lowest BCUT2D eigenvalue weighted by Gasteiger charge is -2.24. The second-order valence-corrected chi connectivity index (χ2v) is 3.80. The Hall–Kier alpha value is -0.930. The molecule has 0 unspecified atom stereocenters. The van der Waals surface area contributed by atoms with Gasteiger partial charge in [0.25, 0.3) is 0 Å². The second kappa shape index (κ2) is 4.35. The van der Waals surface area contributed by atoms with Crippen LogP contribution in [0.4, 0.5) is 0 Å². The minimum atomic E-state index is -0.00413. The maximum Gasteiger partial charge on any atom is 0.0312 e. The molecule has 0 fully saturated rings. The van der Waals surface area contributed by atoms with Gasteiger partial charge in [-0.25, -0.2) is 0 Å². The topological polar surface area (TPSA) is 50.9 Å². The molecule has 72 valence electrons. The molecule has 1 rings (SSSR count). The number of aromatic nitrogens is 1. The molecule has 1 aromatic heterocycles. The van der Waals surface area contributed by atoms with Gasteiger partial charge in [0, 0.05) is 31.0 Å². The Balaban J connectivity index is 2.44. The predicted molar refractivity (Wildman–Crippen MR) is 54.2 cm³/mol. The quantitative estimate of drug-likeness (QED) is 0.722. The van der Waals surface area contributed by atoms with E-state index in [-0.39, 0.29) is 5.54 Å². The SMILES string of the molecule is CC(C)(CN)NCc1cccnc1. The molecule has 0 saturated carbocycles. The number of rotatable bonds is 4. The van der Waals surface area contributed by atoms with Gasteiger partial charge in [-0.3, -0.25) is 4.98 Å². The number of nitrogens with one attached hydrogen (secondary N) is 1. The summed E-state index contributed by atoms with van der Waals surface area (Å²) in [6, 6.07) is 3.99. The van der Waals surface area contributed by atoms with Gasteiger partial charge in [0.05, 0.1) is 0 Å². The van der Waals surface area contributed by atoms with Crippen molar-refractivity contribution >= 4 is 0 Å². The number of hydrogen-bond donors (Lipinski definition) is 2. The van der Waals surface area contributed by atoms with E-state index in [4.69, 9.17) is 5.73 Å². The molecule has 0 aliphatic heterocycles. The minimum Gasteiger partial charge on any atom is -0.329 e. The molecule has 0 amide bonds. The van der Waals surface area contributed by atoms with E-state index in [1.165, 1.54) is 5.56 Å². The van der Waals surface area contributed by atoms with Crippen molar-refractivity contribution in [3.8, 4) is 0 Å². The van der Waals surface area contributed by atoms with E-state index in [9.17, 15) is 0 Å². The van der Waals surface area contributed by atoms with Crippen molar-refractivity contribution in [2.45, 2.75) is 25.9 Å². The molecule has 13 heavy (non-hydrogen) atoms. The van der Waals surface area contributed by atoms with Crippen molar-refractivity contribution in [1.29, 1.82) is 0 Å². The lowest BCUT2D eigenvalue weighted by molar-refractivity contribution is 0.396. The van der Waals surface area contributed by atoms with Crippen LogP contribution in [0, 0.1) is 0 Å². The number of nitrogens with two attached hydrogens (primary N) is 1. The van der Waals surface area contributed by atoms with Gasteiger partial charge in [-0.2, -0.15) is 0 Å². The van der Waals surface area contributed by atoms with Crippen LogP contribution in [0.15, 0.2) is 24.5 Å². The van der Waals surface area contributed by atoms with E-state index in [1.807, 2.05) is 18.3 Å². The zero-order chi connectivity index (χ0) is 9.73. The molecule has 3 N–H and O–H groups in total. The molecule has 3 heteroatoms. The summed E-state index contributed by atoms with van der Waals surface area (Å²) < 4.78 is 0. The standard InChI is InChI=1S/C10H17N3/c1-10(2,8-11)13-7-9-4-3-5-12-6-9/h3-6,13H,7-8,11H2,1-2H3. The zero-order valence-electron chi connectivity index (χ0n) is 8.25. The van der Waals surface area contributed by atoms with Crippen molar-refractivity contribution in [2.75, 3.05) is 6.54 Å². The normalized spacial score (nSPS) is 11.6. The second-order valence-electron chi connectivity index (χ2n) is 3.80. The minimum absolute atomic E-state index is 0.00413. The van der Waals surface area contributed by atoms with Gasteiger partial charge in [0.15, 0.2) is 0 Å². The molecule has 0 aliphatic rings. The fraction of sp³-hybridized carbons (Fsp3) is 0.500. The number of pyridine rings is 1. The van der Waals surface area contributed by atoms with E-state index in [0.29, 0.717) is 6.54 Å². The van der Waals surface area contributed by atoms with Crippen LogP contribution in [0.25, 0.3) is 0 Å². The van der Waals surface area contributed by atoms with Gasteiger partial charge in [-0.1, -0.05) is 6.07 Å². The highest BCUT2D eigenvalue weighted by Crippen LogP contribution is 2.02. The van der Waals surface area contributed by atoms with Crippen LogP contribution in [0.2, 0.25) is 0 Å². The zero-order valence-corrected chi connectivity index (χ0v) is 8.25. The summed E-state index contributed by atoms with van der Waals surface area (Å²) in [5.41, 5.74) is 6.77. The summed E-state index contributed by atoms with van der Waals surface area (Å²) in [6.07, 6.45) is 3.64. The van der Waals surface area contributed by atoms with Crippen molar-refractivity contribution in [2.24, 2.45) is 5.73 Å². The van der Waals surface area contributed by atoms with Gasteiger partial charge < -0.3 is 11.1 Å². The van der Waals surface area contributed by atoms with Crippen molar-refractivity contribution in [3.63, 3.8) is 0 Å². The van der Waals surface area contributed by atoms with E-state index in [0.717, 1.165) is 6.54 Å². The maximum atomic E-state index is 5.59. The Morgan fingerprint density at radius 3 is 2.85 bits per heavy atom. The summed E-state index contributed by atoms with van der Waals surface area (Å²) in [4.78, 5) is 4.04. The third-order valence-electron chi connectivity index (χ3n) is 2.00. The van der Waals surface area contributed by atoms with Crippen LogP contribution in [0.3, 0.4) is 0 Å². The van der Waals surface area contributed by atoms with Gasteiger partial charge >= 0.3 is 0 Å². The van der Waals surface area contributed by atoms with Crippen LogP contribution < -0.4 is 11.1 Å². The van der Waals surface area contributed by atoms with Gasteiger partial charge in [-0.15, -0.1) is 0 Å². The molecule has 0 aromatic carbocycles. The maximum absolute atomic E-state index is 5.59. The van der Waals surface area contributed by atoms with Crippen molar-refractivity contribution in [1.82, 2.24) is 10.3 Å². The van der Waals surface area contributed by atoms with Crippen LogP contribution >= 0.6 is 0 Å². The monoisotopic (exact) mass is 179 g/mol. The first-order valence-corrected chi connectivity index (χ1v) is 4.48. The lowest BCUT2D eigenvalue weighted by atomic mass is 10.1. The Morgan fingerprint density at radius 2 is 2.31 bits per heavy atom. The smallest absolute Gasteiger partial charge is 0.0312 e. The third kappa shape index (κ3) is 3.53. The summed E-state index contributed by atoms with van der Waals surface area (Å²) in [7, 11) is 0. The molecular formula is C10H17N3. The first-order chi connectivity index (χ1) is 6.14. The Morgan fingerprint density at radius 1 is 1.54 bits per heavy atom. The van der Waals surface area contributed by atoms with Crippen LogP contribution in [0.1, 0.15) is 19.4 Å². The molecular weight excluding hydrogens is 162 g/mol. The predicted octanol–water partition coefficient (Wildman–Crippen LogP) is 0.908. The Bertz CT molecular complexity index is 244. The molecule has 0 radical (unpaired) electrons. The average Bonchev–Trinajstić information content (AvgIpc) is 2.17. The van der Waals surface area contributed by atoms with E-state index in [2.05, 4.69) is 24.1 Å². The Kier molecular flexibility index (Phi) is 3.39. The largest absolute Gasteiger partial charge is 0.329 e. The summed E-state index contributed by atoms with van der Waals surface area (Å²) in [6.45, 7) is 5.62. The molecule has 0 bridgehead atoms. The molecule has 1 aromatic rings. The van der Waals surface area contributed by atoms with E-state index in [1.54, 1.807) is 6.20 Å². The highest BCUT2D eigenvalue weighted by atomic mass is 15.0. The van der Waals surface area contributed by atoms with Crippen molar-refractivity contribution < 1.29 is 0 Å². The number of nitrogens with zero attached hydrogens (tertiary/aromatic N) is 1. The lowest BCUT2D eigenvalue weighted by Crippen LogP contribution is -2.45. The van der Waals surface area contributed by atoms with Gasteiger partial charge in [0.1, 0.15) is 0 Å². The first kappa shape index (κ1) is 10.2. The van der Waals surface area contributed by atoms with Gasteiger partial charge in [0.2, 0.25) is 0 Å². The van der Waals surface area contributed by atoms with Crippen LogP contribution in [0.5, 0.6) is 0 Å². The molecule has 0 aliphatic carbocycles. The summed E-state index contributed by atoms with van der Waals surface area (Å²) in [5.74, 6) is 0. The summed E-state index contributed by atoms with van der Waals surface area (Å²) >= 11 is 0. The first-order valence-electron chi connectivity index (χ1n) is 4.48. The van der Waals surface area contributed by atoms with Crippen LogP contribution in [-0.4, -0.2) is 17.1 Å². The van der Waals surface area contributed by atoms with Crippen LogP contribution in [-0.2, 0) is 6.54 Å². The van der Waals surface area contributed by atoms with E-state index >= 15 is 0 Å². The molecule has 3 nitrogen and oxygen atoms in total. The molecule has 0 saturated heterocycles. The van der Waals surface area contributed by atoms with E-state index < -0.39 is 0 Å². The fourth-order valence-corrected chi connectivity index (χ4v) is 0.916.